The van der Waals surface area contributed by atoms with E-state index in [-0.39, 0.29) is 48.7 Å². The van der Waals surface area contributed by atoms with Gasteiger partial charge in [0.25, 0.3) is 5.78 Å². The minimum absolute atomic E-state index is 0.0194. The van der Waals surface area contributed by atoms with Gasteiger partial charge in [0.1, 0.15) is 34.7 Å². The molecule has 0 spiro atoms. The van der Waals surface area contributed by atoms with Crippen LogP contribution in [0.15, 0.2) is 72.8 Å². The molecule has 6 N–H and O–H groups in total. The maximum absolute atomic E-state index is 13.3. The lowest BCUT2D eigenvalue weighted by Gasteiger charge is -2.24. The smallest absolute Gasteiger partial charge is 0.408 e. The highest BCUT2D eigenvalue weighted by Gasteiger charge is 2.37. The lowest BCUT2D eigenvalue weighted by molar-refractivity contribution is -0.152. The molecule has 0 aliphatic rings. The molecule has 0 radical (unpaired) electrons. The Balaban J connectivity index is 1.67. The molecule has 53 heavy (non-hydrogen) atoms. The van der Waals surface area contributed by atoms with Crippen molar-refractivity contribution in [2.45, 2.75) is 64.1 Å². The van der Waals surface area contributed by atoms with Gasteiger partial charge in [-0.25, -0.2) is 14.4 Å². The Hall–Kier alpha value is -6.12. The van der Waals surface area contributed by atoms with Crippen molar-refractivity contribution in [3.63, 3.8) is 0 Å². The molecule has 0 bridgehead atoms. The first-order chi connectivity index (χ1) is 25.1. The highest BCUT2D eigenvalue weighted by Crippen LogP contribution is 2.28. The number of alkyl carbamates (subject to hydrolysis) is 1. The van der Waals surface area contributed by atoms with Crippen LogP contribution < -0.4 is 20.7 Å². The number of nitrogens with one attached hydrogen (secondary N) is 3. The molecule has 2 unspecified atom stereocenters. The molecule has 0 saturated carbocycles. The van der Waals surface area contributed by atoms with Crippen LogP contribution in [0.5, 0.6) is 11.5 Å². The summed E-state index contributed by atoms with van der Waals surface area (Å²) in [6.07, 6.45) is 0.0410. The van der Waals surface area contributed by atoms with Gasteiger partial charge in [-0.3, -0.25) is 14.4 Å². The van der Waals surface area contributed by atoms with Gasteiger partial charge in [0.2, 0.25) is 5.91 Å². The maximum Gasteiger partial charge on any atom is 0.408 e. The molecular weight excluding hydrogens is 690 g/mol. The molecule has 0 heterocycles. The maximum atomic E-state index is 13.3. The molecule has 0 aromatic heterocycles. The van der Waals surface area contributed by atoms with E-state index in [2.05, 4.69) is 16.0 Å². The second-order valence-electron chi connectivity index (χ2n) is 13.0. The summed E-state index contributed by atoms with van der Waals surface area (Å²) in [5, 5.41) is 37.6. The van der Waals surface area contributed by atoms with Crippen molar-refractivity contribution in [3.05, 3.63) is 89.5 Å². The standard InChI is InChI=1S/C38H45N3O12/c1-38(2,3)53-37(50)41-27(33(44)39-19-8-9-20-52-29-14-10-13-28(42)30(29)36(49)51-4)22-24-15-17-25(18-16-24)40-31(32(43)35(47)48)26(34(45)46)21-23-11-6-5-7-12-23/h5-7,10-18,26-27,31,40,42H,8-9,19-22H2,1-4H3,(H,39,44)(H,41,50)(H,45,46)(H,47,48)/t26?,27-,31?/m0/s1. The quantitative estimate of drug-likeness (QED) is 0.0583. The number of rotatable bonds is 19. The van der Waals surface area contributed by atoms with Gasteiger partial charge in [0, 0.05) is 18.7 Å². The molecule has 15 heteroatoms. The molecule has 3 rings (SSSR count). The average molecular weight is 736 g/mol. The zero-order chi connectivity index (χ0) is 39.1. The Morgan fingerprint density at radius 2 is 1.47 bits per heavy atom. The topological polar surface area (TPSA) is 227 Å². The minimum atomic E-state index is -1.78. The largest absolute Gasteiger partial charge is 0.507 e. The summed E-state index contributed by atoms with van der Waals surface area (Å²) >= 11 is 0. The number of hydrogen-bond acceptors (Lipinski definition) is 11. The number of carbonyl (C=O) groups is 6. The number of aromatic hydroxyl groups is 1. The summed E-state index contributed by atoms with van der Waals surface area (Å²) in [6, 6.07) is 16.5. The predicted molar refractivity (Wildman–Crippen MR) is 192 cm³/mol. The number of aliphatic carboxylic acids is 2. The molecule has 3 aromatic carbocycles. The van der Waals surface area contributed by atoms with Crippen LogP contribution in [0.2, 0.25) is 0 Å². The number of unbranched alkanes of at least 4 members (excludes halogenated alkanes) is 1. The van der Waals surface area contributed by atoms with Crippen molar-refractivity contribution in [2.24, 2.45) is 5.92 Å². The van der Waals surface area contributed by atoms with Crippen molar-refractivity contribution < 1.29 is 58.3 Å². The predicted octanol–water partition coefficient (Wildman–Crippen LogP) is 3.97. The van der Waals surface area contributed by atoms with Crippen LogP contribution in [0.3, 0.4) is 0 Å². The minimum Gasteiger partial charge on any atom is -0.507 e. The first kappa shape index (κ1) is 41.3. The molecule has 0 saturated heterocycles. The monoisotopic (exact) mass is 735 g/mol. The van der Waals surface area contributed by atoms with Crippen molar-refractivity contribution in [2.75, 3.05) is 25.6 Å². The van der Waals surface area contributed by atoms with Gasteiger partial charge >= 0.3 is 24.0 Å². The van der Waals surface area contributed by atoms with E-state index in [4.69, 9.17) is 14.2 Å². The van der Waals surface area contributed by atoms with Crippen LogP contribution in [-0.4, -0.2) is 89.0 Å². The first-order valence-corrected chi connectivity index (χ1v) is 16.8. The molecule has 3 atom stereocenters. The fourth-order valence-corrected chi connectivity index (χ4v) is 5.20. The van der Waals surface area contributed by atoms with Gasteiger partial charge < -0.3 is 45.5 Å². The summed E-state index contributed by atoms with van der Waals surface area (Å²) in [5.41, 5.74) is 0.524. The number of carboxylic acids is 2. The number of Topliss-reactive ketones (excluding diaryl/α,β-unsaturated/α-hetero) is 1. The van der Waals surface area contributed by atoms with E-state index in [0.717, 1.165) is 0 Å². The Labute approximate surface area is 306 Å². The first-order valence-electron chi connectivity index (χ1n) is 16.8. The zero-order valence-corrected chi connectivity index (χ0v) is 29.9. The highest BCUT2D eigenvalue weighted by atomic mass is 16.6. The number of ketones is 1. The van der Waals surface area contributed by atoms with E-state index in [1.165, 1.54) is 37.4 Å². The number of anilines is 1. The summed E-state index contributed by atoms with van der Waals surface area (Å²) in [4.78, 5) is 74.5. The van der Waals surface area contributed by atoms with E-state index in [1.807, 2.05) is 0 Å². The number of esters is 1. The highest BCUT2D eigenvalue weighted by molar-refractivity contribution is 6.35. The fourth-order valence-electron chi connectivity index (χ4n) is 5.20. The SMILES string of the molecule is COC(=O)c1c(O)cccc1OCCCCNC(=O)[C@H](Cc1ccc(NC(C(=O)C(=O)O)C(Cc2ccccc2)C(=O)O)cc1)NC(=O)OC(C)(C)C. The van der Waals surface area contributed by atoms with E-state index < -0.39 is 59.3 Å². The van der Waals surface area contributed by atoms with Crippen LogP contribution in [0, 0.1) is 5.92 Å². The van der Waals surface area contributed by atoms with E-state index in [0.29, 0.717) is 24.0 Å². The van der Waals surface area contributed by atoms with Crippen molar-refractivity contribution in [1.29, 1.82) is 0 Å². The van der Waals surface area contributed by atoms with E-state index >= 15 is 0 Å². The number of phenols is 1. The Morgan fingerprint density at radius 3 is 2.08 bits per heavy atom. The van der Waals surface area contributed by atoms with Crippen molar-refractivity contribution >= 4 is 41.4 Å². The normalized spacial score (nSPS) is 12.7. The number of carboxylic acid groups (broad SMARTS) is 2. The van der Waals surface area contributed by atoms with Gasteiger partial charge in [0.05, 0.1) is 19.6 Å². The number of hydrogen-bond donors (Lipinski definition) is 6. The fraction of sp³-hybridized carbons (Fsp3) is 0.368. The summed E-state index contributed by atoms with van der Waals surface area (Å²) in [5.74, 6) is -7.22. The van der Waals surface area contributed by atoms with Crippen LogP contribution in [0.25, 0.3) is 0 Å². The van der Waals surface area contributed by atoms with Gasteiger partial charge in [-0.2, -0.15) is 0 Å². The molecule has 0 fully saturated rings. The van der Waals surface area contributed by atoms with Crippen LogP contribution in [-0.2, 0) is 41.5 Å². The van der Waals surface area contributed by atoms with Gasteiger partial charge in [-0.05, 0) is 75.4 Å². The number of benzene rings is 3. The van der Waals surface area contributed by atoms with Crippen molar-refractivity contribution in [3.8, 4) is 11.5 Å². The molecular formula is C38H45N3O12. The van der Waals surface area contributed by atoms with E-state index in [1.54, 1.807) is 63.2 Å². The lowest BCUT2D eigenvalue weighted by atomic mass is 9.89. The summed E-state index contributed by atoms with van der Waals surface area (Å²) in [6.45, 7) is 5.42. The van der Waals surface area contributed by atoms with Gasteiger partial charge in [-0.1, -0.05) is 48.5 Å². The van der Waals surface area contributed by atoms with Crippen LogP contribution >= 0.6 is 0 Å². The third-order valence-electron chi connectivity index (χ3n) is 7.76. The molecule has 3 aromatic rings. The van der Waals surface area contributed by atoms with Crippen LogP contribution in [0.4, 0.5) is 10.5 Å². The number of phenolic OH excluding ortho intramolecular Hbond substituents is 1. The number of carbonyl (C=O) groups excluding carboxylic acids is 4. The van der Waals surface area contributed by atoms with Gasteiger partial charge in [0.15, 0.2) is 0 Å². The zero-order valence-electron chi connectivity index (χ0n) is 29.9. The Kier molecular flexibility index (Phi) is 15.2. The molecule has 2 amide bonds. The molecule has 0 aliphatic heterocycles. The third-order valence-corrected chi connectivity index (χ3v) is 7.76. The lowest BCUT2D eigenvalue weighted by Crippen LogP contribution is -2.49. The summed E-state index contributed by atoms with van der Waals surface area (Å²) < 4.78 is 15.7. The number of ether oxygens (including phenoxy) is 3. The van der Waals surface area contributed by atoms with Crippen LogP contribution in [0.1, 0.15) is 55.1 Å². The third kappa shape index (κ3) is 13.2. The average Bonchev–Trinajstić information content (AvgIpc) is 3.10. The number of amides is 2. The Morgan fingerprint density at radius 1 is 0.811 bits per heavy atom. The molecule has 15 nitrogen and oxygen atoms in total. The second kappa shape index (κ2) is 19.5. The van der Waals surface area contributed by atoms with Crippen molar-refractivity contribution in [1.82, 2.24) is 10.6 Å². The van der Waals surface area contributed by atoms with Gasteiger partial charge in [-0.15, -0.1) is 0 Å². The number of methoxy groups -OCH3 is 1. The second-order valence-corrected chi connectivity index (χ2v) is 13.0. The summed E-state index contributed by atoms with van der Waals surface area (Å²) in [7, 11) is 1.19. The molecule has 0 aliphatic carbocycles. The molecule has 284 valence electrons. The van der Waals surface area contributed by atoms with E-state index in [9.17, 15) is 44.1 Å². The Bertz CT molecular complexity index is 1740.